The molecule has 0 aliphatic heterocycles. The lowest BCUT2D eigenvalue weighted by Gasteiger charge is -2.02. The third-order valence-electron chi connectivity index (χ3n) is 1.65. The Kier molecular flexibility index (Phi) is 2.87. The van der Waals surface area contributed by atoms with E-state index >= 15 is 0 Å². The van der Waals surface area contributed by atoms with Gasteiger partial charge in [-0.1, -0.05) is 0 Å². The van der Waals surface area contributed by atoms with Crippen molar-refractivity contribution in [1.82, 2.24) is 0 Å². The maximum Gasteiger partial charge on any atom is 0.167 e. The van der Waals surface area contributed by atoms with Crippen LogP contribution in [0.4, 0.5) is 0 Å². The van der Waals surface area contributed by atoms with Gasteiger partial charge in [0, 0.05) is 6.42 Å². The molecule has 0 fully saturated rings. The number of nitrogens with two attached hydrogens (primary N) is 1. The molecule has 0 atom stereocenters. The summed E-state index contributed by atoms with van der Waals surface area (Å²) in [5.74, 6) is -0.440. The minimum atomic E-state index is -0.268. The smallest absolute Gasteiger partial charge is 0.167 e. The highest BCUT2D eigenvalue weighted by Crippen LogP contribution is 2.22. The molecule has 4 heteroatoms. The van der Waals surface area contributed by atoms with Crippen molar-refractivity contribution in [3.05, 3.63) is 23.8 Å². The summed E-state index contributed by atoms with van der Waals surface area (Å²) < 4.78 is 0. The second-order valence-electron chi connectivity index (χ2n) is 2.66. The average Bonchev–Trinajstić information content (AvgIpc) is 2.09. The average molecular weight is 181 g/mol. The molecule has 0 spiro atoms. The van der Waals surface area contributed by atoms with Crippen LogP contribution in [0.1, 0.15) is 16.8 Å². The predicted octanol–water partition coefficient (Wildman–Crippen LogP) is 0.629. The van der Waals surface area contributed by atoms with Crippen molar-refractivity contribution in [2.45, 2.75) is 6.42 Å². The van der Waals surface area contributed by atoms with Crippen LogP contribution in [-0.2, 0) is 0 Å². The molecule has 70 valence electrons. The molecule has 0 saturated carbocycles. The lowest BCUT2D eigenvalue weighted by atomic mass is 10.1. The maximum atomic E-state index is 11.3. The van der Waals surface area contributed by atoms with Crippen LogP contribution in [0.25, 0.3) is 0 Å². The van der Waals surface area contributed by atoms with E-state index in [1.165, 1.54) is 18.2 Å². The molecule has 13 heavy (non-hydrogen) atoms. The van der Waals surface area contributed by atoms with Crippen molar-refractivity contribution in [3.8, 4) is 11.5 Å². The van der Waals surface area contributed by atoms with E-state index < -0.39 is 0 Å². The molecule has 0 heterocycles. The number of hydrogen-bond acceptors (Lipinski definition) is 4. The topological polar surface area (TPSA) is 83.6 Å². The molecule has 0 bridgehead atoms. The van der Waals surface area contributed by atoms with Crippen LogP contribution in [0.3, 0.4) is 0 Å². The Labute approximate surface area is 75.6 Å². The Morgan fingerprint density at radius 3 is 2.69 bits per heavy atom. The molecule has 0 unspecified atom stereocenters. The van der Waals surface area contributed by atoms with E-state index in [0.717, 1.165) is 0 Å². The highest BCUT2D eigenvalue weighted by Gasteiger charge is 2.10. The summed E-state index contributed by atoms with van der Waals surface area (Å²) in [6.07, 6.45) is 0.164. The Morgan fingerprint density at radius 1 is 1.38 bits per heavy atom. The standard InChI is InChI=1S/C9H11NO3/c10-4-3-9(13)7-5-6(11)1-2-8(7)12/h1-2,5,11-12H,3-4,10H2. The normalized spacial score (nSPS) is 9.92. The fourth-order valence-electron chi connectivity index (χ4n) is 1.01. The van der Waals surface area contributed by atoms with Crippen molar-refractivity contribution in [1.29, 1.82) is 0 Å². The first kappa shape index (κ1) is 9.54. The van der Waals surface area contributed by atoms with Crippen LogP contribution >= 0.6 is 0 Å². The number of aromatic hydroxyl groups is 2. The first-order valence-electron chi connectivity index (χ1n) is 3.90. The number of phenols is 2. The Bertz CT molecular complexity index is 323. The summed E-state index contributed by atoms with van der Waals surface area (Å²) in [6.45, 7) is 0.230. The van der Waals surface area contributed by atoms with Crippen molar-refractivity contribution < 1.29 is 15.0 Å². The van der Waals surface area contributed by atoms with Crippen LogP contribution in [0.15, 0.2) is 18.2 Å². The third-order valence-corrected chi connectivity index (χ3v) is 1.65. The molecular formula is C9H11NO3. The van der Waals surface area contributed by atoms with Crippen molar-refractivity contribution in [3.63, 3.8) is 0 Å². The van der Waals surface area contributed by atoms with Crippen molar-refractivity contribution >= 4 is 5.78 Å². The second-order valence-corrected chi connectivity index (χ2v) is 2.66. The highest BCUT2D eigenvalue weighted by atomic mass is 16.3. The fraction of sp³-hybridized carbons (Fsp3) is 0.222. The monoisotopic (exact) mass is 181 g/mol. The zero-order valence-corrected chi connectivity index (χ0v) is 7.03. The Morgan fingerprint density at radius 2 is 2.08 bits per heavy atom. The van der Waals surface area contributed by atoms with Gasteiger partial charge in [0.1, 0.15) is 11.5 Å². The highest BCUT2D eigenvalue weighted by molar-refractivity contribution is 5.99. The number of benzene rings is 1. The van der Waals surface area contributed by atoms with Gasteiger partial charge in [-0.05, 0) is 24.7 Å². The van der Waals surface area contributed by atoms with Crippen LogP contribution in [-0.4, -0.2) is 22.5 Å². The lowest BCUT2D eigenvalue weighted by Crippen LogP contribution is -2.08. The molecule has 0 aliphatic carbocycles. The Hall–Kier alpha value is -1.55. The van der Waals surface area contributed by atoms with E-state index in [4.69, 9.17) is 10.8 Å². The molecule has 0 radical (unpaired) electrons. The minimum Gasteiger partial charge on any atom is -0.508 e. The molecule has 4 nitrogen and oxygen atoms in total. The number of Topliss-reactive ketones (excluding diaryl/α,β-unsaturated/α-hetero) is 1. The number of carbonyl (C=O) groups excluding carboxylic acids is 1. The maximum absolute atomic E-state index is 11.3. The zero-order chi connectivity index (χ0) is 9.84. The van der Waals surface area contributed by atoms with Gasteiger partial charge in [-0.15, -0.1) is 0 Å². The molecule has 0 saturated heterocycles. The van der Waals surface area contributed by atoms with E-state index in [-0.39, 0.29) is 35.8 Å². The number of carbonyl (C=O) groups is 1. The van der Waals surface area contributed by atoms with E-state index in [9.17, 15) is 9.90 Å². The third kappa shape index (κ3) is 2.19. The number of hydrogen-bond donors (Lipinski definition) is 3. The lowest BCUT2D eigenvalue weighted by molar-refractivity contribution is 0.0982. The van der Waals surface area contributed by atoms with Gasteiger partial charge < -0.3 is 15.9 Å². The second kappa shape index (κ2) is 3.91. The molecule has 1 aromatic carbocycles. The van der Waals surface area contributed by atoms with Gasteiger partial charge in [-0.3, -0.25) is 4.79 Å². The molecule has 1 rings (SSSR count). The van der Waals surface area contributed by atoms with Gasteiger partial charge in [-0.25, -0.2) is 0 Å². The SMILES string of the molecule is NCCC(=O)c1cc(O)ccc1O. The molecular weight excluding hydrogens is 170 g/mol. The van der Waals surface area contributed by atoms with Crippen molar-refractivity contribution in [2.75, 3.05) is 6.54 Å². The van der Waals surface area contributed by atoms with E-state index in [0.29, 0.717) is 0 Å². The van der Waals surface area contributed by atoms with Gasteiger partial charge in [0.15, 0.2) is 5.78 Å². The summed E-state index contributed by atoms with van der Waals surface area (Å²) in [5, 5.41) is 18.3. The molecule has 0 aliphatic rings. The molecule has 0 amide bonds. The predicted molar refractivity (Wildman–Crippen MR) is 47.8 cm³/mol. The van der Waals surface area contributed by atoms with E-state index in [1.54, 1.807) is 0 Å². The zero-order valence-electron chi connectivity index (χ0n) is 7.03. The summed E-state index contributed by atoms with van der Waals surface area (Å²) >= 11 is 0. The van der Waals surface area contributed by atoms with Crippen LogP contribution in [0, 0.1) is 0 Å². The summed E-state index contributed by atoms with van der Waals surface area (Å²) in [6, 6.07) is 3.82. The van der Waals surface area contributed by atoms with Gasteiger partial charge >= 0.3 is 0 Å². The van der Waals surface area contributed by atoms with Crippen LogP contribution < -0.4 is 5.73 Å². The Balaban J connectivity index is 2.99. The van der Waals surface area contributed by atoms with Crippen LogP contribution in [0.5, 0.6) is 11.5 Å². The minimum absolute atomic E-state index is 0.0434. The molecule has 1 aromatic rings. The summed E-state index contributed by atoms with van der Waals surface area (Å²) in [7, 11) is 0. The van der Waals surface area contributed by atoms with Gasteiger partial charge in [0.05, 0.1) is 5.56 Å². The summed E-state index contributed by atoms with van der Waals surface area (Å²) in [5.41, 5.74) is 5.31. The summed E-state index contributed by atoms with van der Waals surface area (Å²) in [4.78, 5) is 11.3. The van der Waals surface area contributed by atoms with Crippen LogP contribution in [0.2, 0.25) is 0 Å². The van der Waals surface area contributed by atoms with Gasteiger partial charge in [0.2, 0.25) is 0 Å². The van der Waals surface area contributed by atoms with E-state index in [1.807, 2.05) is 0 Å². The molecule has 4 N–H and O–H groups in total. The first-order chi connectivity index (χ1) is 6.15. The fourth-order valence-corrected chi connectivity index (χ4v) is 1.01. The van der Waals surface area contributed by atoms with Gasteiger partial charge in [0.25, 0.3) is 0 Å². The van der Waals surface area contributed by atoms with Crippen molar-refractivity contribution in [2.24, 2.45) is 5.73 Å². The number of rotatable bonds is 3. The number of phenolic OH excluding ortho intramolecular Hbond substituents is 2. The van der Waals surface area contributed by atoms with E-state index in [2.05, 4.69) is 0 Å². The van der Waals surface area contributed by atoms with Gasteiger partial charge in [-0.2, -0.15) is 0 Å². The quantitative estimate of drug-likeness (QED) is 0.471. The number of ketones is 1. The largest absolute Gasteiger partial charge is 0.508 e. The molecule has 0 aromatic heterocycles. The first-order valence-corrected chi connectivity index (χ1v) is 3.90.